The van der Waals surface area contributed by atoms with E-state index < -0.39 is 0 Å². The molecule has 0 radical (unpaired) electrons. The minimum Gasteiger partial charge on any atom is -0.357 e. The van der Waals surface area contributed by atoms with E-state index in [1.807, 2.05) is 24.2 Å². The van der Waals surface area contributed by atoms with Gasteiger partial charge in [-0.2, -0.15) is 11.8 Å². The van der Waals surface area contributed by atoms with E-state index in [1.54, 1.807) is 0 Å². The number of aliphatic imine (C=N–C) groups is 1. The molecular formula is C16H28N4S. The van der Waals surface area contributed by atoms with Gasteiger partial charge < -0.3 is 10.6 Å². The Morgan fingerprint density at radius 1 is 1.38 bits per heavy atom. The van der Waals surface area contributed by atoms with Crippen LogP contribution in [0.4, 0.5) is 0 Å². The molecule has 0 saturated carbocycles. The number of aromatic nitrogens is 1. The van der Waals surface area contributed by atoms with Crippen molar-refractivity contribution in [2.75, 3.05) is 25.9 Å². The number of hydrogen-bond acceptors (Lipinski definition) is 3. The summed E-state index contributed by atoms with van der Waals surface area (Å²) in [5.74, 6) is 0.895. The molecule has 0 bridgehead atoms. The maximum Gasteiger partial charge on any atom is 0.191 e. The molecule has 1 rings (SSSR count). The van der Waals surface area contributed by atoms with Gasteiger partial charge in [-0.3, -0.25) is 9.98 Å². The fourth-order valence-corrected chi connectivity index (χ4v) is 1.97. The Kier molecular flexibility index (Phi) is 7.57. The summed E-state index contributed by atoms with van der Waals surface area (Å²) in [7, 11) is 0. The van der Waals surface area contributed by atoms with Gasteiger partial charge in [0.2, 0.25) is 0 Å². The van der Waals surface area contributed by atoms with Crippen molar-refractivity contribution in [3.05, 3.63) is 29.6 Å². The number of thioether (sulfide) groups is 1. The molecule has 2 N–H and O–H groups in total. The summed E-state index contributed by atoms with van der Waals surface area (Å²) < 4.78 is 0.171. The highest BCUT2D eigenvalue weighted by Gasteiger charge is 2.15. The first-order chi connectivity index (χ1) is 9.98. The van der Waals surface area contributed by atoms with Crippen LogP contribution in [0.25, 0.3) is 0 Å². The minimum atomic E-state index is 0.171. The monoisotopic (exact) mass is 308 g/mol. The molecule has 118 valence electrons. The minimum absolute atomic E-state index is 0.171. The zero-order chi connectivity index (χ0) is 15.7. The van der Waals surface area contributed by atoms with Crippen LogP contribution in [-0.2, 0) is 6.42 Å². The smallest absolute Gasteiger partial charge is 0.191 e. The second kappa shape index (κ2) is 8.93. The van der Waals surface area contributed by atoms with Gasteiger partial charge in [0.1, 0.15) is 0 Å². The van der Waals surface area contributed by atoms with E-state index in [2.05, 4.69) is 60.6 Å². The molecule has 1 heterocycles. The van der Waals surface area contributed by atoms with Gasteiger partial charge in [0.05, 0.1) is 6.54 Å². The van der Waals surface area contributed by atoms with Gasteiger partial charge in [-0.25, -0.2) is 0 Å². The van der Waals surface area contributed by atoms with E-state index >= 15 is 0 Å². The molecule has 21 heavy (non-hydrogen) atoms. The number of nitrogens with one attached hydrogen (secondary N) is 2. The third kappa shape index (κ3) is 6.85. The van der Waals surface area contributed by atoms with Crippen LogP contribution < -0.4 is 10.6 Å². The first-order valence-electron chi connectivity index (χ1n) is 7.45. The zero-order valence-electron chi connectivity index (χ0n) is 13.9. The Balaban J connectivity index is 2.51. The van der Waals surface area contributed by atoms with Gasteiger partial charge >= 0.3 is 0 Å². The lowest BCUT2D eigenvalue weighted by molar-refractivity contribution is 0.710. The topological polar surface area (TPSA) is 49.3 Å². The van der Waals surface area contributed by atoms with E-state index in [0.29, 0.717) is 0 Å². The highest BCUT2D eigenvalue weighted by atomic mass is 32.2. The van der Waals surface area contributed by atoms with Gasteiger partial charge in [-0.15, -0.1) is 0 Å². The van der Waals surface area contributed by atoms with E-state index in [9.17, 15) is 0 Å². The predicted octanol–water partition coefficient (Wildman–Crippen LogP) is 2.63. The molecule has 4 nitrogen and oxygen atoms in total. The summed E-state index contributed by atoms with van der Waals surface area (Å²) >= 11 is 1.84. The molecule has 0 spiro atoms. The van der Waals surface area contributed by atoms with E-state index in [4.69, 9.17) is 0 Å². The Morgan fingerprint density at radius 2 is 2.14 bits per heavy atom. The lowest BCUT2D eigenvalue weighted by Gasteiger charge is -2.20. The molecule has 0 saturated heterocycles. The maximum atomic E-state index is 4.67. The van der Waals surface area contributed by atoms with Crippen molar-refractivity contribution in [1.82, 2.24) is 15.6 Å². The Morgan fingerprint density at radius 3 is 2.76 bits per heavy atom. The molecule has 1 aromatic heterocycles. The highest BCUT2D eigenvalue weighted by molar-refractivity contribution is 7.99. The van der Waals surface area contributed by atoms with Gasteiger partial charge in [-0.05, 0) is 57.6 Å². The van der Waals surface area contributed by atoms with Crippen molar-refractivity contribution >= 4 is 17.7 Å². The molecule has 0 aliphatic rings. The fourth-order valence-electron chi connectivity index (χ4n) is 1.77. The van der Waals surface area contributed by atoms with Crippen molar-refractivity contribution < 1.29 is 0 Å². The second-order valence-corrected chi connectivity index (χ2v) is 7.15. The van der Waals surface area contributed by atoms with Crippen LogP contribution in [0.15, 0.2) is 23.5 Å². The molecule has 1 aromatic rings. The van der Waals surface area contributed by atoms with E-state index in [0.717, 1.165) is 32.0 Å². The maximum absolute atomic E-state index is 4.67. The van der Waals surface area contributed by atoms with Crippen molar-refractivity contribution in [2.24, 2.45) is 4.99 Å². The molecule has 0 unspecified atom stereocenters. The number of pyridine rings is 1. The molecule has 0 fully saturated rings. The van der Waals surface area contributed by atoms with Gasteiger partial charge in [0.25, 0.3) is 0 Å². The van der Waals surface area contributed by atoms with Crippen molar-refractivity contribution in [2.45, 2.75) is 38.9 Å². The summed E-state index contributed by atoms with van der Waals surface area (Å²) in [5.41, 5.74) is 2.57. The molecule has 0 amide bonds. The molecule has 0 aliphatic carbocycles. The van der Waals surface area contributed by atoms with Crippen molar-refractivity contribution in [1.29, 1.82) is 0 Å². The third-order valence-corrected chi connectivity index (χ3v) is 4.57. The van der Waals surface area contributed by atoms with E-state index in [-0.39, 0.29) is 4.75 Å². The Hall–Kier alpha value is -1.23. The zero-order valence-corrected chi connectivity index (χ0v) is 14.7. The third-order valence-electron chi connectivity index (χ3n) is 3.34. The average molecular weight is 308 g/mol. The van der Waals surface area contributed by atoms with Crippen molar-refractivity contribution in [3.8, 4) is 0 Å². The van der Waals surface area contributed by atoms with Crippen LogP contribution in [-0.4, -0.2) is 41.6 Å². The standard InChI is InChI=1S/C16H28N4S/c1-6-18-15(20-12-16(3,4)21-5)19-10-8-14-7-9-17-11-13(14)2/h7,9,11H,6,8,10,12H2,1-5H3,(H2,18,19,20). The van der Waals surface area contributed by atoms with Gasteiger partial charge in [-0.1, -0.05) is 0 Å². The van der Waals surface area contributed by atoms with Crippen LogP contribution in [0.5, 0.6) is 0 Å². The molecule has 0 aliphatic heterocycles. The predicted molar refractivity (Wildman–Crippen MR) is 94.3 cm³/mol. The molecule has 5 heteroatoms. The summed E-state index contributed by atoms with van der Waals surface area (Å²) in [5, 5.41) is 6.70. The fraction of sp³-hybridized carbons (Fsp3) is 0.625. The highest BCUT2D eigenvalue weighted by Crippen LogP contribution is 2.20. The van der Waals surface area contributed by atoms with Crippen LogP contribution >= 0.6 is 11.8 Å². The molecular weight excluding hydrogens is 280 g/mol. The molecule has 0 aromatic carbocycles. The van der Waals surface area contributed by atoms with E-state index in [1.165, 1.54) is 11.1 Å². The molecule has 0 atom stereocenters. The summed E-state index contributed by atoms with van der Waals surface area (Å²) in [6.07, 6.45) is 6.87. The number of rotatable bonds is 7. The summed E-state index contributed by atoms with van der Waals surface area (Å²) in [6.45, 7) is 11.2. The number of guanidine groups is 1. The lowest BCUT2D eigenvalue weighted by Crippen LogP contribution is -2.39. The summed E-state index contributed by atoms with van der Waals surface area (Å²) in [6, 6.07) is 2.08. The first-order valence-corrected chi connectivity index (χ1v) is 8.68. The van der Waals surface area contributed by atoms with Crippen LogP contribution in [0, 0.1) is 6.92 Å². The Bertz CT molecular complexity index is 457. The second-order valence-electron chi connectivity index (χ2n) is 5.64. The lowest BCUT2D eigenvalue weighted by atomic mass is 10.1. The average Bonchev–Trinajstić information content (AvgIpc) is 2.47. The quantitative estimate of drug-likeness (QED) is 0.600. The number of aryl methyl sites for hydroxylation is 1. The van der Waals surface area contributed by atoms with Crippen LogP contribution in [0.1, 0.15) is 31.9 Å². The Labute approximate surface area is 133 Å². The SMILES string of the molecule is CCNC(=NCC(C)(C)SC)NCCc1ccncc1C. The van der Waals surface area contributed by atoms with Gasteiger partial charge in [0.15, 0.2) is 5.96 Å². The van der Waals surface area contributed by atoms with Crippen molar-refractivity contribution in [3.63, 3.8) is 0 Å². The van der Waals surface area contributed by atoms with Gasteiger partial charge in [0, 0.05) is 30.2 Å². The summed E-state index contributed by atoms with van der Waals surface area (Å²) in [4.78, 5) is 8.80. The number of nitrogens with zero attached hydrogens (tertiary/aromatic N) is 2. The van der Waals surface area contributed by atoms with Crippen LogP contribution in [0.3, 0.4) is 0 Å². The first kappa shape index (κ1) is 17.8. The number of hydrogen-bond donors (Lipinski definition) is 2. The van der Waals surface area contributed by atoms with Crippen LogP contribution in [0.2, 0.25) is 0 Å². The normalized spacial score (nSPS) is 12.3. The largest absolute Gasteiger partial charge is 0.357 e.